The maximum atomic E-state index is 12.5. The molecule has 1 aromatic carbocycles. The molecule has 10 N–H and O–H groups in total. The summed E-state index contributed by atoms with van der Waals surface area (Å²) >= 11 is 0. The molecule has 4 atom stereocenters. The van der Waals surface area contributed by atoms with Crippen molar-refractivity contribution in [3.8, 4) is 5.75 Å². The zero-order valence-electron chi connectivity index (χ0n) is 17.3. The van der Waals surface area contributed by atoms with Crippen molar-refractivity contribution in [2.24, 2.45) is 11.5 Å². The van der Waals surface area contributed by atoms with Crippen LogP contribution in [0.5, 0.6) is 5.75 Å². The van der Waals surface area contributed by atoms with Crippen LogP contribution in [0.3, 0.4) is 0 Å². The Labute approximate surface area is 183 Å². The van der Waals surface area contributed by atoms with Crippen molar-refractivity contribution in [2.45, 2.75) is 44.0 Å². The monoisotopic (exact) mass is 453 g/mol. The molecule has 1 rings (SSSR count). The average molecular weight is 453 g/mol. The zero-order chi connectivity index (χ0) is 24.4. The topological polar surface area (TPSA) is 234 Å². The lowest BCUT2D eigenvalue weighted by molar-refractivity contribution is -0.142. The van der Waals surface area contributed by atoms with E-state index >= 15 is 0 Å². The Kier molecular flexibility index (Phi) is 10.1. The Morgan fingerprint density at radius 2 is 1.62 bits per heavy atom. The van der Waals surface area contributed by atoms with Gasteiger partial charge in [0, 0.05) is 6.42 Å². The first-order valence-corrected chi connectivity index (χ1v) is 9.50. The Hall–Kier alpha value is -3.71. The molecule has 0 saturated heterocycles. The minimum absolute atomic E-state index is 0.00998. The predicted octanol–water partition coefficient (Wildman–Crippen LogP) is -3.31. The van der Waals surface area contributed by atoms with E-state index in [0.717, 1.165) is 0 Å². The van der Waals surface area contributed by atoms with Gasteiger partial charge in [0.15, 0.2) is 0 Å². The van der Waals surface area contributed by atoms with E-state index in [-0.39, 0.29) is 12.2 Å². The standard InChI is InChI=1S/C19H27N5O8/c1-9(25)16(24-15(28)8-22-17(29)12(20)7-14(21)27)18(30)23-13(19(31)32)6-10-2-4-11(26)5-3-10/h2-5,9,12-13,16,25-26H,6-8,20H2,1H3,(H2,21,27)(H,22,29)(H,23,30)(H,24,28)(H,31,32). The van der Waals surface area contributed by atoms with Crippen molar-refractivity contribution in [1.82, 2.24) is 16.0 Å². The summed E-state index contributed by atoms with van der Waals surface area (Å²) in [6, 6.07) is 1.54. The summed E-state index contributed by atoms with van der Waals surface area (Å²) in [6.07, 6.45) is -1.94. The largest absolute Gasteiger partial charge is 0.508 e. The summed E-state index contributed by atoms with van der Waals surface area (Å²) in [5.74, 6) is -4.81. The summed E-state index contributed by atoms with van der Waals surface area (Å²) in [7, 11) is 0. The Balaban J connectivity index is 2.71. The SMILES string of the molecule is CC(O)C(NC(=O)CNC(=O)C(N)CC(N)=O)C(=O)NC(Cc1ccc(O)cc1)C(=O)O. The van der Waals surface area contributed by atoms with Crippen LogP contribution in [0.15, 0.2) is 24.3 Å². The molecule has 0 heterocycles. The number of aliphatic carboxylic acids is 1. The number of carboxylic acid groups (broad SMARTS) is 1. The van der Waals surface area contributed by atoms with Gasteiger partial charge in [-0.3, -0.25) is 19.2 Å². The van der Waals surface area contributed by atoms with E-state index in [1.807, 2.05) is 0 Å². The predicted molar refractivity (Wildman–Crippen MR) is 110 cm³/mol. The van der Waals surface area contributed by atoms with Crippen LogP contribution in [-0.4, -0.2) is 75.7 Å². The number of primary amides is 1. The quantitative estimate of drug-likeness (QED) is 0.158. The lowest BCUT2D eigenvalue weighted by Gasteiger charge is -2.23. The fraction of sp³-hybridized carbons (Fsp3) is 0.421. The molecule has 0 bridgehead atoms. The third-order valence-electron chi connectivity index (χ3n) is 4.25. The van der Waals surface area contributed by atoms with Crippen LogP contribution in [0.4, 0.5) is 0 Å². The summed E-state index contributed by atoms with van der Waals surface area (Å²) < 4.78 is 0. The van der Waals surface area contributed by atoms with Crippen LogP contribution in [0.25, 0.3) is 0 Å². The van der Waals surface area contributed by atoms with Crippen molar-refractivity contribution >= 4 is 29.6 Å². The molecular formula is C19H27N5O8. The third-order valence-corrected chi connectivity index (χ3v) is 4.25. The van der Waals surface area contributed by atoms with Gasteiger partial charge in [-0.15, -0.1) is 0 Å². The molecular weight excluding hydrogens is 426 g/mol. The highest BCUT2D eigenvalue weighted by Gasteiger charge is 2.30. The van der Waals surface area contributed by atoms with Crippen LogP contribution < -0.4 is 27.4 Å². The van der Waals surface area contributed by atoms with Crippen LogP contribution in [0.2, 0.25) is 0 Å². The lowest BCUT2D eigenvalue weighted by atomic mass is 10.0. The van der Waals surface area contributed by atoms with E-state index in [9.17, 15) is 39.3 Å². The molecule has 0 aliphatic carbocycles. The van der Waals surface area contributed by atoms with E-state index < -0.39 is 66.8 Å². The van der Waals surface area contributed by atoms with Crippen molar-refractivity contribution in [3.05, 3.63) is 29.8 Å². The Bertz CT molecular complexity index is 843. The summed E-state index contributed by atoms with van der Waals surface area (Å²) in [4.78, 5) is 58.6. The maximum absolute atomic E-state index is 12.5. The Morgan fingerprint density at radius 3 is 2.12 bits per heavy atom. The molecule has 0 aliphatic rings. The number of rotatable bonds is 12. The van der Waals surface area contributed by atoms with E-state index in [0.29, 0.717) is 5.56 Å². The highest BCUT2D eigenvalue weighted by molar-refractivity contribution is 5.93. The number of nitrogens with two attached hydrogens (primary N) is 2. The molecule has 13 nitrogen and oxygen atoms in total. The average Bonchev–Trinajstić information content (AvgIpc) is 2.70. The van der Waals surface area contributed by atoms with Crippen molar-refractivity contribution < 1.29 is 39.3 Å². The van der Waals surface area contributed by atoms with Gasteiger partial charge >= 0.3 is 5.97 Å². The summed E-state index contributed by atoms with van der Waals surface area (Å²) in [6.45, 7) is 0.597. The number of aromatic hydroxyl groups is 1. The number of benzene rings is 1. The molecule has 1 aromatic rings. The van der Waals surface area contributed by atoms with Gasteiger partial charge in [0.05, 0.1) is 25.1 Å². The minimum Gasteiger partial charge on any atom is -0.508 e. The number of aliphatic hydroxyl groups is 1. The second-order valence-electron chi connectivity index (χ2n) is 7.05. The van der Waals surface area contributed by atoms with Gasteiger partial charge in [-0.2, -0.15) is 0 Å². The lowest BCUT2D eigenvalue weighted by Crippen LogP contribution is -2.57. The van der Waals surface area contributed by atoms with Gasteiger partial charge in [0.2, 0.25) is 23.6 Å². The van der Waals surface area contributed by atoms with Gasteiger partial charge in [-0.25, -0.2) is 4.79 Å². The first-order valence-electron chi connectivity index (χ1n) is 9.50. The number of aliphatic hydroxyl groups excluding tert-OH is 1. The maximum Gasteiger partial charge on any atom is 0.326 e. The van der Waals surface area contributed by atoms with E-state index in [1.54, 1.807) is 0 Å². The molecule has 176 valence electrons. The molecule has 0 aromatic heterocycles. The number of phenolic OH excluding ortho intramolecular Hbond substituents is 1. The van der Waals surface area contributed by atoms with E-state index in [2.05, 4.69) is 16.0 Å². The Morgan fingerprint density at radius 1 is 1.03 bits per heavy atom. The zero-order valence-corrected chi connectivity index (χ0v) is 17.3. The van der Waals surface area contributed by atoms with Crippen molar-refractivity contribution in [3.63, 3.8) is 0 Å². The minimum atomic E-state index is -1.51. The highest BCUT2D eigenvalue weighted by Crippen LogP contribution is 2.11. The van der Waals surface area contributed by atoms with Crippen LogP contribution in [-0.2, 0) is 30.4 Å². The molecule has 4 unspecified atom stereocenters. The molecule has 0 saturated carbocycles. The normalized spacial score (nSPS) is 14.3. The number of carbonyl (C=O) groups excluding carboxylic acids is 4. The summed E-state index contributed by atoms with van der Waals surface area (Å²) in [5, 5.41) is 35.1. The first kappa shape index (κ1) is 26.3. The van der Waals surface area contributed by atoms with E-state index in [1.165, 1.54) is 31.2 Å². The third kappa shape index (κ3) is 8.97. The van der Waals surface area contributed by atoms with Crippen LogP contribution >= 0.6 is 0 Å². The number of carbonyl (C=O) groups is 5. The number of phenols is 1. The van der Waals surface area contributed by atoms with Gasteiger partial charge in [0.25, 0.3) is 0 Å². The fourth-order valence-electron chi connectivity index (χ4n) is 2.57. The van der Waals surface area contributed by atoms with Crippen LogP contribution in [0.1, 0.15) is 18.9 Å². The number of nitrogens with one attached hydrogen (secondary N) is 3. The summed E-state index contributed by atoms with van der Waals surface area (Å²) in [5.41, 5.74) is 10.9. The van der Waals surface area contributed by atoms with Gasteiger partial charge in [0.1, 0.15) is 17.8 Å². The molecule has 0 spiro atoms. The van der Waals surface area contributed by atoms with Gasteiger partial charge in [-0.1, -0.05) is 12.1 Å². The second kappa shape index (κ2) is 12.2. The number of hydrogen-bond donors (Lipinski definition) is 8. The molecule has 13 heteroatoms. The second-order valence-corrected chi connectivity index (χ2v) is 7.05. The van der Waals surface area contributed by atoms with Crippen molar-refractivity contribution in [1.29, 1.82) is 0 Å². The first-order chi connectivity index (χ1) is 14.9. The number of hydrogen-bond acceptors (Lipinski definition) is 8. The molecule has 0 radical (unpaired) electrons. The molecule has 4 amide bonds. The smallest absolute Gasteiger partial charge is 0.326 e. The van der Waals surface area contributed by atoms with Gasteiger partial charge < -0.3 is 42.7 Å². The van der Waals surface area contributed by atoms with E-state index in [4.69, 9.17) is 11.5 Å². The van der Waals surface area contributed by atoms with Crippen molar-refractivity contribution in [2.75, 3.05) is 6.54 Å². The highest BCUT2D eigenvalue weighted by atomic mass is 16.4. The molecule has 32 heavy (non-hydrogen) atoms. The molecule has 0 aliphatic heterocycles. The van der Waals surface area contributed by atoms with Gasteiger partial charge in [-0.05, 0) is 24.6 Å². The number of carboxylic acids is 1. The molecule has 0 fully saturated rings. The number of amides is 4. The van der Waals surface area contributed by atoms with Crippen LogP contribution in [0, 0.1) is 0 Å². The fourth-order valence-corrected chi connectivity index (χ4v) is 2.57.